The van der Waals surface area contributed by atoms with E-state index < -0.39 is 0 Å². The second kappa shape index (κ2) is 7.84. The molecule has 1 saturated heterocycles. The van der Waals surface area contributed by atoms with Crippen LogP contribution in [0.1, 0.15) is 25.3 Å². The largest absolute Gasteiger partial charge is 0.493 e. The molecule has 21 heavy (non-hydrogen) atoms. The van der Waals surface area contributed by atoms with Crippen molar-refractivity contribution < 1.29 is 14.6 Å². The van der Waals surface area contributed by atoms with Crippen LogP contribution in [0.4, 0.5) is 0 Å². The molecule has 1 amide bonds. The van der Waals surface area contributed by atoms with Crippen LogP contribution >= 0.6 is 0 Å². The van der Waals surface area contributed by atoms with Gasteiger partial charge in [0.15, 0.2) is 0 Å². The first kappa shape index (κ1) is 15.6. The zero-order valence-electron chi connectivity index (χ0n) is 12.5. The lowest BCUT2D eigenvalue weighted by atomic mass is 9.98. The van der Waals surface area contributed by atoms with Gasteiger partial charge in [0.25, 0.3) is 0 Å². The first-order valence-corrected chi connectivity index (χ1v) is 7.54. The number of hydrogen-bond acceptors (Lipinski definition) is 3. The van der Waals surface area contributed by atoms with Crippen molar-refractivity contribution >= 4 is 12.0 Å². The molecule has 0 atom stereocenters. The van der Waals surface area contributed by atoms with Crippen molar-refractivity contribution in [3.8, 4) is 5.75 Å². The van der Waals surface area contributed by atoms with E-state index in [1.54, 1.807) is 6.08 Å². The van der Waals surface area contributed by atoms with Gasteiger partial charge >= 0.3 is 0 Å². The number of rotatable bonds is 5. The summed E-state index contributed by atoms with van der Waals surface area (Å²) in [5.41, 5.74) is 0.915. The second-order valence-corrected chi connectivity index (χ2v) is 5.26. The van der Waals surface area contributed by atoms with E-state index in [1.807, 2.05) is 42.2 Å². The number of ether oxygens (including phenoxy) is 1. The fourth-order valence-corrected chi connectivity index (χ4v) is 2.51. The molecular formula is C17H23NO3. The normalized spacial score (nSPS) is 16.4. The van der Waals surface area contributed by atoms with Crippen LogP contribution in [0.2, 0.25) is 0 Å². The maximum atomic E-state index is 12.2. The summed E-state index contributed by atoms with van der Waals surface area (Å²) in [5.74, 6) is 1.16. The first-order valence-electron chi connectivity index (χ1n) is 7.54. The van der Waals surface area contributed by atoms with Crippen LogP contribution in [0, 0.1) is 5.92 Å². The highest BCUT2D eigenvalue weighted by Crippen LogP contribution is 2.20. The summed E-state index contributed by atoms with van der Waals surface area (Å²) in [7, 11) is 0. The Morgan fingerprint density at radius 1 is 1.38 bits per heavy atom. The number of carbonyl (C=O) groups is 1. The number of benzene rings is 1. The lowest BCUT2D eigenvalue weighted by Gasteiger charge is -2.30. The molecule has 0 bridgehead atoms. The van der Waals surface area contributed by atoms with Gasteiger partial charge in [-0.2, -0.15) is 0 Å². The third kappa shape index (κ3) is 4.33. The van der Waals surface area contributed by atoms with Crippen molar-refractivity contribution in [1.29, 1.82) is 0 Å². The van der Waals surface area contributed by atoms with Crippen LogP contribution in [-0.4, -0.2) is 42.2 Å². The van der Waals surface area contributed by atoms with E-state index in [2.05, 4.69) is 0 Å². The summed E-state index contributed by atoms with van der Waals surface area (Å²) in [6.07, 6.45) is 5.18. The van der Waals surface area contributed by atoms with Crippen LogP contribution in [0.25, 0.3) is 6.08 Å². The van der Waals surface area contributed by atoms with Gasteiger partial charge in [-0.1, -0.05) is 18.2 Å². The fourth-order valence-electron chi connectivity index (χ4n) is 2.51. The van der Waals surface area contributed by atoms with E-state index in [-0.39, 0.29) is 12.5 Å². The quantitative estimate of drug-likeness (QED) is 0.846. The molecule has 2 rings (SSSR count). The van der Waals surface area contributed by atoms with E-state index in [0.29, 0.717) is 12.5 Å². The van der Waals surface area contributed by atoms with Gasteiger partial charge in [-0.05, 0) is 37.8 Å². The van der Waals surface area contributed by atoms with Gasteiger partial charge in [0.05, 0.1) is 6.61 Å². The smallest absolute Gasteiger partial charge is 0.246 e. The Bertz CT molecular complexity index is 491. The summed E-state index contributed by atoms with van der Waals surface area (Å²) in [6, 6.07) is 7.69. The number of hydrogen-bond donors (Lipinski definition) is 1. The van der Waals surface area contributed by atoms with E-state index in [0.717, 1.165) is 37.2 Å². The lowest BCUT2D eigenvalue weighted by Crippen LogP contribution is -2.38. The standard InChI is InChI=1S/C17H23NO3/c1-2-21-16-6-4-3-5-15(16)7-8-17(20)18-11-9-14(13-19)10-12-18/h3-8,14,19H,2,9-13H2,1H3/b8-7+. The minimum atomic E-state index is 0.0256. The molecule has 4 heteroatoms. The molecule has 0 spiro atoms. The van der Waals surface area contributed by atoms with Gasteiger partial charge in [-0.25, -0.2) is 0 Å². The van der Waals surface area contributed by atoms with Crippen molar-refractivity contribution in [1.82, 2.24) is 4.90 Å². The minimum absolute atomic E-state index is 0.0256. The van der Waals surface area contributed by atoms with Crippen molar-refractivity contribution in [3.05, 3.63) is 35.9 Å². The molecule has 0 aromatic heterocycles. The third-order valence-electron chi connectivity index (χ3n) is 3.81. The Morgan fingerprint density at radius 3 is 2.76 bits per heavy atom. The van der Waals surface area contributed by atoms with Crippen molar-refractivity contribution in [2.45, 2.75) is 19.8 Å². The molecular weight excluding hydrogens is 266 g/mol. The van der Waals surface area contributed by atoms with Crippen LogP contribution in [0.5, 0.6) is 5.75 Å². The predicted molar refractivity (Wildman–Crippen MR) is 83.0 cm³/mol. The highest BCUT2D eigenvalue weighted by atomic mass is 16.5. The Balaban J connectivity index is 1.96. The van der Waals surface area contributed by atoms with Crippen molar-refractivity contribution in [2.24, 2.45) is 5.92 Å². The zero-order chi connectivity index (χ0) is 15.1. The van der Waals surface area contributed by atoms with E-state index >= 15 is 0 Å². The lowest BCUT2D eigenvalue weighted by molar-refractivity contribution is -0.127. The Labute approximate surface area is 126 Å². The maximum Gasteiger partial charge on any atom is 0.246 e. The van der Waals surface area contributed by atoms with Gasteiger partial charge in [-0.3, -0.25) is 4.79 Å². The number of para-hydroxylation sites is 1. The van der Waals surface area contributed by atoms with Crippen molar-refractivity contribution in [3.63, 3.8) is 0 Å². The van der Waals surface area contributed by atoms with Crippen LogP contribution in [0.3, 0.4) is 0 Å². The Hall–Kier alpha value is -1.81. The van der Waals surface area contributed by atoms with E-state index in [9.17, 15) is 4.79 Å². The molecule has 0 unspecified atom stereocenters. The van der Waals surface area contributed by atoms with E-state index in [1.165, 1.54) is 0 Å². The second-order valence-electron chi connectivity index (χ2n) is 5.26. The molecule has 1 aromatic carbocycles. The number of amides is 1. The molecule has 1 aliphatic rings. The molecule has 0 aliphatic carbocycles. The summed E-state index contributed by atoms with van der Waals surface area (Å²) < 4.78 is 5.54. The summed E-state index contributed by atoms with van der Waals surface area (Å²) in [4.78, 5) is 14.0. The summed E-state index contributed by atoms with van der Waals surface area (Å²) >= 11 is 0. The SMILES string of the molecule is CCOc1ccccc1/C=C/C(=O)N1CCC(CO)CC1. The topological polar surface area (TPSA) is 49.8 Å². The third-order valence-corrected chi connectivity index (χ3v) is 3.81. The van der Waals surface area contributed by atoms with Crippen LogP contribution in [-0.2, 0) is 4.79 Å². The molecule has 1 fully saturated rings. The van der Waals surface area contributed by atoms with Gasteiger partial charge < -0.3 is 14.7 Å². The van der Waals surface area contributed by atoms with Gasteiger partial charge in [0.2, 0.25) is 5.91 Å². The highest BCUT2D eigenvalue weighted by Gasteiger charge is 2.20. The van der Waals surface area contributed by atoms with Crippen LogP contribution < -0.4 is 4.74 Å². The number of likely N-dealkylation sites (tertiary alicyclic amines) is 1. The molecule has 114 valence electrons. The van der Waals surface area contributed by atoms with Gasteiger partial charge in [0, 0.05) is 31.3 Å². The zero-order valence-corrected chi connectivity index (χ0v) is 12.5. The molecule has 1 heterocycles. The summed E-state index contributed by atoms with van der Waals surface area (Å²) in [6.45, 7) is 4.22. The van der Waals surface area contributed by atoms with Gasteiger partial charge in [-0.15, -0.1) is 0 Å². The average Bonchev–Trinajstić information content (AvgIpc) is 2.54. The molecule has 0 radical (unpaired) electrons. The molecule has 4 nitrogen and oxygen atoms in total. The number of aliphatic hydroxyl groups is 1. The van der Waals surface area contributed by atoms with E-state index in [4.69, 9.17) is 9.84 Å². The predicted octanol–water partition coefficient (Wildman–Crippen LogP) is 2.33. The molecule has 1 N–H and O–H groups in total. The highest BCUT2D eigenvalue weighted by molar-refractivity contribution is 5.92. The first-order chi connectivity index (χ1) is 10.2. The fraction of sp³-hybridized carbons (Fsp3) is 0.471. The van der Waals surface area contributed by atoms with Crippen molar-refractivity contribution in [2.75, 3.05) is 26.3 Å². The monoisotopic (exact) mass is 289 g/mol. The number of carbonyl (C=O) groups excluding carboxylic acids is 1. The number of nitrogens with zero attached hydrogens (tertiary/aromatic N) is 1. The van der Waals surface area contributed by atoms with Gasteiger partial charge in [0.1, 0.15) is 5.75 Å². The molecule has 1 aromatic rings. The minimum Gasteiger partial charge on any atom is -0.493 e. The Morgan fingerprint density at radius 2 is 2.10 bits per heavy atom. The number of piperidine rings is 1. The maximum absolute atomic E-state index is 12.2. The molecule has 0 saturated carbocycles. The van der Waals surface area contributed by atoms with Crippen LogP contribution in [0.15, 0.2) is 30.3 Å². The summed E-state index contributed by atoms with van der Waals surface area (Å²) in [5, 5.41) is 9.12. The average molecular weight is 289 g/mol. The Kier molecular flexibility index (Phi) is 5.81. The number of aliphatic hydroxyl groups excluding tert-OH is 1. The molecule has 1 aliphatic heterocycles.